The molecule has 0 bridgehead atoms. The molecule has 0 aliphatic rings. The van der Waals surface area contributed by atoms with E-state index in [-0.39, 0.29) is 6.61 Å². The van der Waals surface area contributed by atoms with Crippen molar-refractivity contribution in [3.05, 3.63) is 71.8 Å². The molecule has 0 aliphatic heterocycles. The van der Waals surface area contributed by atoms with Crippen molar-refractivity contribution in [3.8, 4) is 23.8 Å². The highest BCUT2D eigenvalue weighted by Gasteiger charge is 2.12. The lowest BCUT2D eigenvalue weighted by Gasteiger charge is -2.13. The molecule has 0 spiro atoms. The maximum absolute atomic E-state index is 11.9. The van der Waals surface area contributed by atoms with Crippen LogP contribution in [-0.2, 0) is 11.3 Å². The third-order valence-electron chi connectivity index (χ3n) is 3.95. The zero-order valence-electron chi connectivity index (χ0n) is 14.4. The SMILES string of the molecule is C#CCOC(=O)c1ccc(OCc2cccc3ccccc23)c(OC)c1. The monoisotopic (exact) mass is 346 g/mol. The first-order valence-corrected chi connectivity index (χ1v) is 8.11. The van der Waals surface area contributed by atoms with Gasteiger partial charge in [0.1, 0.15) is 6.61 Å². The van der Waals surface area contributed by atoms with Crippen LogP contribution in [0.2, 0.25) is 0 Å². The van der Waals surface area contributed by atoms with Gasteiger partial charge in [0.25, 0.3) is 0 Å². The Morgan fingerprint density at radius 2 is 1.85 bits per heavy atom. The molecule has 0 unspecified atom stereocenters. The molecule has 0 radical (unpaired) electrons. The number of benzene rings is 3. The molecule has 3 rings (SSSR count). The lowest BCUT2D eigenvalue weighted by Crippen LogP contribution is -2.06. The first kappa shape index (κ1) is 17.4. The van der Waals surface area contributed by atoms with Crippen LogP contribution in [0.25, 0.3) is 10.8 Å². The van der Waals surface area contributed by atoms with E-state index < -0.39 is 5.97 Å². The molecule has 4 heteroatoms. The summed E-state index contributed by atoms with van der Waals surface area (Å²) in [5.41, 5.74) is 1.43. The third kappa shape index (κ3) is 3.79. The number of hydrogen-bond donors (Lipinski definition) is 0. The number of hydrogen-bond acceptors (Lipinski definition) is 4. The smallest absolute Gasteiger partial charge is 0.339 e. The van der Waals surface area contributed by atoms with Crippen LogP contribution in [0.15, 0.2) is 60.7 Å². The number of ether oxygens (including phenoxy) is 3. The van der Waals surface area contributed by atoms with E-state index in [0.717, 1.165) is 16.3 Å². The summed E-state index contributed by atoms with van der Waals surface area (Å²) in [5.74, 6) is 2.77. The molecule has 0 saturated carbocycles. The Labute approximate surface area is 152 Å². The van der Waals surface area contributed by atoms with Gasteiger partial charge in [0, 0.05) is 0 Å². The van der Waals surface area contributed by atoms with Crippen molar-refractivity contribution in [2.75, 3.05) is 13.7 Å². The number of fused-ring (bicyclic) bond motifs is 1. The van der Waals surface area contributed by atoms with Crippen LogP contribution >= 0.6 is 0 Å². The Balaban J connectivity index is 1.79. The highest BCUT2D eigenvalue weighted by Crippen LogP contribution is 2.30. The Morgan fingerprint density at radius 1 is 1.04 bits per heavy atom. The van der Waals surface area contributed by atoms with Crippen LogP contribution in [0.5, 0.6) is 11.5 Å². The van der Waals surface area contributed by atoms with Gasteiger partial charge in [-0.1, -0.05) is 48.4 Å². The summed E-state index contributed by atoms with van der Waals surface area (Å²) in [6.07, 6.45) is 5.10. The summed E-state index contributed by atoms with van der Waals surface area (Å²) >= 11 is 0. The summed E-state index contributed by atoms with van der Waals surface area (Å²) in [7, 11) is 1.52. The predicted octanol–water partition coefficient (Wildman–Crippen LogP) is 4.22. The van der Waals surface area contributed by atoms with Crippen molar-refractivity contribution in [1.29, 1.82) is 0 Å². The van der Waals surface area contributed by atoms with Crippen molar-refractivity contribution in [3.63, 3.8) is 0 Å². The maximum Gasteiger partial charge on any atom is 0.339 e. The number of methoxy groups -OCH3 is 1. The van der Waals surface area contributed by atoms with Crippen LogP contribution in [0, 0.1) is 12.3 Å². The first-order valence-electron chi connectivity index (χ1n) is 8.11. The second-order valence-electron chi connectivity index (χ2n) is 5.57. The Kier molecular flexibility index (Phi) is 5.40. The maximum atomic E-state index is 11.9. The molecule has 26 heavy (non-hydrogen) atoms. The number of carbonyl (C=O) groups excluding carboxylic acids is 1. The van der Waals surface area contributed by atoms with Crippen LogP contribution in [0.3, 0.4) is 0 Å². The average molecular weight is 346 g/mol. The predicted molar refractivity (Wildman–Crippen MR) is 100 cm³/mol. The van der Waals surface area contributed by atoms with E-state index in [9.17, 15) is 4.79 Å². The molecular formula is C22H18O4. The number of esters is 1. The van der Waals surface area contributed by atoms with Gasteiger partial charge in [0.15, 0.2) is 18.1 Å². The molecule has 0 N–H and O–H groups in total. The third-order valence-corrected chi connectivity index (χ3v) is 3.95. The van der Waals surface area contributed by atoms with Crippen LogP contribution in [-0.4, -0.2) is 19.7 Å². The second kappa shape index (κ2) is 8.09. The summed E-state index contributed by atoms with van der Waals surface area (Å²) < 4.78 is 16.2. The van der Waals surface area contributed by atoms with Crippen molar-refractivity contribution in [2.24, 2.45) is 0 Å². The van der Waals surface area contributed by atoms with Crippen LogP contribution < -0.4 is 9.47 Å². The molecule has 130 valence electrons. The van der Waals surface area contributed by atoms with Crippen molar-refractivity contribution >= 4 is 16.7 Å². The minimum atomic E-state index is -0.498. The highest BCUT2D eigenvalue weighted by molar-refractivity contribution is 5.90. The lowest BCUT2D eigenvalue weighted by atomic mass is 10.1. The quantitative estimate of drug-likeness (QED) is 0.495. The fourth-order valence-electron chi connectivity index (χ4n) is 2.68. The molecule has 0 fully saturated rings. The Morgan fingerprint density at radius 3 is 2.65 bits per heavy atom. The summed E-state index contributed by atoms with van der Waals surface area (Å²) in [6.45, 7) is 0.319. The van der Waals surface area contributed by atoms with Crippen molar-refractivity contribution in [2.45, 2.75) is 6.61 Å². The molecule has 0 aromatic heterocycles. The van der Waals surface area contributed by atoms with Crippen molar-refractivity contribution < 1.29 is 19.0 Å². The van der Waals surface area contributed by atoms with E-state index >= 15 is 0 Å². The Bertz CT molecular complexity index is 964. The highest BCUT2D eigenvalue weighted by atomic mass is 16.5. The van der Waals surface area contributed by atoms with Gasteiger partial charge < -0.3 is 14.2 Å². The van der Waals surface area contributed by atoms with Gasteiger partial charge in [-0.25, -0.2) is 4.79 Å². The molecule has 0 saturated heterocycles. The number of carbonyl (C=O) groups is 1. The summed E-state index contributed by atoms with van der Waals surface area (Å²) in [4.78, 5) is 11.9. The van der Waals surface area contributed by atoms with Gasteiger partial charge in [-0.15, -0.1) is 6.42 Å². The summed E-state index contributed by atoms with van der Waals surface area (Å²) in [5, 5.41) is 2.30. The van der Waals surface area contributed by atoms with Gasteiger partial charge in [-0.2, -0.15) is 0 Å². The van der Waals surface area contributed by atoms with Gasteiger partial charge >= 0.3 is 5.97 Å². The van der Waals surface area contributed by atoms with Crippen molar-refractivity contribution in [1.82, 2.24) is 0 Å². The van der Waals surface area contributed by atoms with E-state index in [1.165, 1.54) is 7.11 Å². The minimum absolute atomic E-state index is 0.0690. The molecule has 0 amide bonds. The largest absolute Gasteiger partial charge is 0.493 e. The molecule has 0 atom stereocenters. The van der Waals surface area contributed by atoms with E-state index in [0.29, 0.717) is 23.7 Å². The summed E-state index contributed by atoms with van der Waals surface area (Å²) in [6, 6.07) is 19.1. The molecule has 0 heterocycles. The van der Waals surface area contributed by atoms with Gasteiger partial charge in [-0.3, -0.25) is 0 Å². The fourth-order valence-corrected chi connectivity index (χ4v) is 2.68. The fraction of sp³-hybridized carbons (Fsp3) is 0.136. The average Bonchev–Trinajstić information content (AvgIpc) is 2.70. The lowest BCUT2D eigenvalue weighted by molar-refractivity contribution is 0.0556. The van der Waals surface area contributed by atoms with Crippen LogP contribution in [0.4, 0.5) is 0 Å². The molecular weight excluding hydrogens is 328 g/mol. The molecule has 3 aromatic carbocycles. The zero-order chi connectivity index (χ0) is 18.4. The topological polar surface area (TPSA) is 44.8 Å². The number of rotatable bonds is 6. The van der Waals surface area contributed by atoms with E-state index in [1.807, 2.05) is 24.3 Å². The standard InChI is InChI=1S/C22H18O4/c1-3-13-25-22(23)17-11-12-20(21(14-17)24-2)26-15-18-9-6-8-16-7-4-5-10-19(16)18/h1,4-12,14H,13,15H2,2H3. The molecule has 3 aromatic rings. The Hall–Kier alpha value is -3.45. The van der Waals surface area contributed by atoms with Gasteiger partial charge in [0.05, 0.1) is 12.7 Å². The van der Waals surface area contributed by atoms with Crippen LogP contribution in [0.1, 0.15) is 15.9 Å². The zero-order valence-corrected chi connectivity index (χ0v) is 14.4. The van der Waals surface area contributed by atoms with Gasteiger partial charge in [-0.05, 0) is 34.5 Å². The molecule has 4 nitrogen and oxygen atoms in total. The molecule has 0 aliphatic carbocycles. The second-order valence-corrected chi connectivity index (χ2v) is 5.57. The minimum Gasteiger partial charge on any atom is -0.493 e. The van der Waals surface area contributed by atoms with E-state index in [4.69, 9.17) is 20.6 Å². The first-order chi connectivity index (χ1) is 12.7. The van der Waals surface area contributed by atoms with E-state index in [1.54, 1.807) is 18.2 Å². The van der Waals surface area contributed by atoms with E-state index in [2.05, 4.69) is 24.1 Å². The van der Waals surface area contributed by atoms with Gasteiger partial charge in [0.2, 0.25) is 0 Å². The number of terminal acetylenes is 1. The normalized spacial score (nSPS) is 10.2.